The molecule has 1 aromatic heterocycles. The molecule has 0 atom stereocenters. The van der Waals surface area contributed by atoms with Crippen molar-refractivity contribution < 1.29 is 19.4 Å². The maximum atomic E-state index is 12.0. The van der Waals surface area contributed by atoms with Gasteiger partial charge in [0.1, 0.15) is 18.0 Å². The third-order valence-electron chi connectivity index (χ3n) is 3.96. The predicted molar refractivity (Wildman–Crippen MR) is 88.1 cm³/mol. The van der Waals surface area contributed by atoms with Gasteiger partial charge in [-0.15, -0.1) is 0 Å². The Kier molecular flexibility index (Phi) is 4.74. The highest BCUT2D eigenvalue weighted by Gasteiger charge is 2.20. The summed E-state index contributed by atoms with van der Waals surface area (Å²) in [5.74, 6) is -1.07. The van der Waals surface area contributed by atoms with E-state index in [1.165, 1.54) is 0 Å². The summed E-state index contributed by atoms with van der Waals surface area (Å²) in [7, 11) is 0. The quantitative estimate of drug-likeness (QED) is 0.899. The van der Waals surface area contributed by atoms with Crippen LogP contribution in [0, 0.1) is 0 Å². The zero-order valence-corrected chi connectivity index (χ0v) is 13.1. The van der Waals surface area contributed by atoms with E-state index in [2.05, 4.69) is 10.3 Å². The number of carboxylic acids is 1. The van der Waals surface area contributed by atoms with Crippen molar-refractivity contribution in [3.63, 3.8) is 0 Å². The van der Waals surface area contributed by atoms with E-state index in [1.807, 2.05) is 30.3 Å². The molecule has 0 radical (unpaired) electrons. The van der Waals surface area contributed by atoms with E-state index in [1.54, 1.807) is 6.07 Å². The van der Waals surface area contributed by atoms with Crippen LogP contribution < -0.4 is 5.32 Å². The molecule has 6 heteroatoms. The molecular formula is C18H18N2O4. The number of hydrogen-bond acceptors (Lipinski definition) is 4. The summed E-state index contributed by atoms with van der Waals surface area (Å²) >= 11 is 0. The Morgan fingerprint density at radius 1 is 1.17 bits per heavy atom. The van der Waals surface area contributed by atoms with Crippen LogP contribution in [0.2, 0.25) is 0 Å². The Morgan fingerprint density at radius 3 is 2.67 bits per heavy atom. The minimum Gasteiger partial charge on any atom is -0.478 e. The minimum atomic E-state index is -1.12. The number of aromatic carboxylic acids is 1. The van der Waals surface area contributed by atoms with Crippen molar-refractivity contribution in [2.75, 3.05) is 5.32 Å². The highest BCUT2D eigenvalue weighted by atomic mass is 16.5. The number of aryl methyl sites for hydroxylation is 2. The number of anilines is 1. The third-order valence-corrected chi connectivity index (χ3v) is 3.96. The Hall–Kier alpha value is -2.89. The van der Waals surface area contributed by atoms with E-state index in [0.29, 0.717) is 0 Å². The lowest BCUT2D eigenvalue weighted by Gasteiger charge is -2.17. The van der Waals surface area contributed by atoms with Crippen molar-refractivity contribution in [3.05, 3.63) is 58.8 Å². The molecule has 1 aromatic carbocycles. The lowest BCUT2D eigenvalue weighted by atomic mass is 9.95. The summed E-state index contributed by atoms with van der Waals surface area (Å²) < 4.78 is 5.13. The van der Waals surface area contributed by atoms with Crippen molar-refractivity contribution in [2.45, 2.75) is 32.3 Å². The molecule has 0 saturated carbocycles. The molecule has 3 rings (SSSR count). The number of benzene rings is 1. The van der Waals surface area contributed by atoms with Gasteiger partial charge in [0.25, 0.3) is 0 Å². The molecule has 1 heterocycles. The summed E-state index contributed by atoms with van der Waals surface area (Å²) in [6.07, 6.45) is 2.94. The lowest BCUT2D eigenvalue weighted by Crippen LogP contribution is -2.19. The van der Waals surface area contributed by atoms with Crippen LogP contribution in [0.4, 0.5) is 10.6 Å². The molecule has 1 aliphatic carbocycles. The fourth-order valence-corrected chi connectivity index (χ4v) is 2.75. The number of carbonyl (C=O) groups is 2. The number of amides is 1. The molecule has 2 N–H and O–H groups in total. The monoisotopic (exact) mass is 326 g/mol. The molecular weight excluding hydrogens is 308 g/mol. The first-order valence-electron chi connectivity index (χ1n) is 7.87. The van der Waals surface area contributed by atoms with Crippen LogP contribution in [-0.2, 0) is 24.2 Å². The fraction of sp³-hybridized carbons (Fsp3) is 0.278. The van der Waals surface area contributed by atoms with Crippen LogP contribution in [0.25, 0.3) is 0 Å². The van der Waals surface area contributed by atoms with Crippen LogP contribution in [-0.4, -0.2) is 22.2 Å². The molecule has 0 spiro atoms. The molecule has 0 aliphatic heterocycles. The first-order chi connectivity index (χ1) is 11.6. The molecule has 1 amide bonds. The number of nitrogens with zero attached hydrogens (tertiary/aromatic N) is 1. The van der Waals surface area contributed by atoms with Crippen LogP contribution in [0.5, 0.6) is 0 Å². The Morgan fingerprint density at radius 2 is 1.92 bits per heavy atom. The Balaban J connectivity index is 1.73. The molecule has 1 aliphatic rings. The van der Waals surface area contributed by atoms with Gasteiger partial charge in [0, 0.05) is 5.69 Å². The van der Waals surface area contributed by atoms with Gasteiger partial charge in [-0.25, -0.2) is 14.6 Å². The largest absolute Gasteiger partial charge is 0.478 e. The van der Waals surface area contributed by atoms with E-state index in [0.717, 1.165) is 42.5 Å². The molecule has 0 saturated heterocycles. The summed E-state index contributed by atoms with van der Waals surface area (Å²) in [4.78, 5) is 27.7. The van der Waals surface area contributed by atoms with Gasteiger partial charge < -0.3 is 9.84 Å². The van der Waals surface area contributed by atoms with Crippen molar-refractivity contribution in [1.29, 1.82) is 0 Å². The highest BCUT2D eigenvalue weighted by Crippen LogP contribution is 2.25. The standard InChI is InChI=1S/C18H18N2O4/c21-17(22)14-10-13-8-4-5-9-15(13)19-16(14)20-18(23)24-11-12-6-2-1-3-7-12/h1-3,6-7,10H,4-5,8-9,11H2,(H,21,22)(H,19,20,23). The fourth-order valence-electron chi connectivity index (χ4n) is 2.75. The first-order valence-corrected chi connectivity index (χ1v) is 7.87. The van der Waals surface area contributed by atoms with Gasteiger partial charge in [0.15, 0.2) is 0 Å². The second-order valence-electron chi connectivity index (χ2n) is 5.69. The average Bonchev–Trinajstić information content (AvgIpc) is 2.60. The van der Waals surface area contributed by atoms with Crippen LogP contribution in [0.1, 0.15) is 40.0 Å². The highest BCUT2D eigenvalue weighted by molar-refractivity contribution is 5.97. The number of aromatic nitrogens is 1. The SMILES string of the molecule is O=C(Nc1nc2c(cc1C(=O)O)CCCC2)OCc1ccccc1. The predicted octanol–water partition coefficient (Wildman–Crippen LogP) is 3.41. The van der Waals surface area contributed by atoms with Gasteiger partial charge in [0.2, 0.25) is 0 Å². The van der Waals surface area contributed by atoms with E-state index in [9.17, 15) is 14.7 Å². The lowest BCUT2D eigenvalue weighted by molar-refractivity contribution is 0.0697. The topological polar surface area (TPSA) is 88.5 Å². The summed E-state index contributed by atoms with van der Waals surface area (Å²) in [5.41, 5.74) is 2.64. The second-order valence-corrected chi connectivity index (χ2v) is 5.69. The number of rotatable bonds is 4. The minimum absolute atomic E-state index is 0.00712. The molecule has 0 bridgehead atoms. The number of pyridine rings is 1. The van der Waals surface area contributed by atoms with Crippen LogP contribution in [0.15, 0.2) is 36.4 Å². The summed E-state index contributed by atoms with van der Waals surface area (Å²) in [6, 6.07) is 10.9. The summed E-state index contributed by atoms with van der Waals surface area (Å²) in [6.45, 7) is 0.111. The zero-order valence-electron chi connectivity index (χ0n) is 13.1. The normalized spacial score (nSPS) is 13.0. The van der Waals surface area contributed by atoms with Gasteiger partial charge >= 0.3 is 12.1 Å². The van der Waals surface area contributed by atoms with Gasteiger partial charge in [-0.2, -0.15) is 0 Å². The second kappa shape index (κ2) is 7.12. The molecule has 124 valence electrons. The Bertz CT molecular complexity index is 759. The van der Waals surface area contributed by atoms with Crippen molar-refractivity contribution >= 4 is 17.9 Å². The van der Waals surface area contributed by atoms with Crippen molar-refractivity contribution in [2.24, 2.45) is 0 Å². The zero-order chi connectivity index (χ0) is 16.9. The van der Waals surface area contributed by atoms with Crippen molar-refractivity contribution in [1.82, 2.24) is 4.98 Å². The number of hydrogen-bond donors (Lipinski definition) is 2. The number of fused-ring (bicyclic) bond motifs is 1. The van der Waals surface area contributed by atoms with Crippen LogP contribution >= 0.6 is 0 Å². The molecule has 24 heavy (non-hydrogen) atoms. The molecule has 0 unspecified atom stereocenters. The maximum Gasteiger partial charge on any atom is 0.413 e. The Labute approximate surface area is 139 Å². The van der Waals surface area contributed by atoms with Crippen molar-refractivity contribution in [3.8, 4) is 0 Å². The number of nitrogens with one attached hydrogen (secondary N) is 1. The van der Waals surface area contributed by atoms with E-state index in [-0.39, 0.29) is 18.0 Å². The van der Waals surface area contributed by atoms with Gasteiger partial charge in [-0.1, -0.05) is 30.3 Å². The average molecular weight is 326 g/mol. The number of ether oxygens (including phenoxy) is 1. The molecule has 6 nitrogen and oxygen atoms in total. The maximum absolute atomic E-state index is 12.0. The van der Waals surface area contributed by atoms with Gasteiger partial charge in [-0.05, 0) is 42.9 Å². The van der Waals surface area contributed by atoms with E-state index in [4.69, 9.17) is 4.74 Å². The van der Waals surface area contributed by atoms with E-state index >= 15 is 0 Å². The third kappa shape index (κ3) is 3.71. The van der Waals surface area contributed by atoms with E-state index < -0.39 is 12.1 Å². The number of carboxylic acid groups (broad SMARTS) is 1. The van der Waals surface area contributed by atoms with Gasteiger partial charge in [0.05, 0.1) is 0 Å². The number of carbonyl (C=O) groups excluding carboxylic acids is 1. The van der Waals surface area contributed by atoms with Gasteiger partial charge in [-0.3, -0.25) is 5.32 Å². The smallest absolute Gasteiger partial charge is 0.413 e. The molecule has 2 aromatic rings. The first kappa shape index (κ1) is 16.0. The summed E-state index contributed by atoms with van der Waals surface area (Å²) in [5, 5.41) is 11.8. The molecule has 0 fully saturated rings. The van der Waals surface area contributed by atoms with Crippen LogP contribution in [0.3, 0.4) is 0 Å².